The van der Waals surface area contributed by atoms with E-state index < -0.39 is 0 Å². The van der Waals surface area contributed by atoms with E-state index in [1.165, 1.54) is 24.8 Å². The number of rotatable bonds is 6. The van der Waals surface area contributed by atoms with Crippen LogP contribution in [-0.2, 0) is 15.0 Å². The van der Waals surface area contributed by atoms with Gasteiger partial charge in [-0.2, -0.15) is 0 Å². The van der Waals surface area contributed by atoms with Gasteiger partial charge in [0.2, 0.25) is 11.8 Å². The Morgan fingerprint density at radius 1 is 1.07 bits per heavy atom. The van der Waals surface area contributed by atoms with Gasteiger partial charge in [0.05, 0.1) is 11.8 Å². The predicted molar refractivity (Wildman–Crippen MR) is 110 cm³/mol. The van der Waals surface area contributed by atoms with E-state index in [-0.39, 0.29) is 29.1 Å². The van der Waals surface area contributed by atoms with Crippen LogP contribution in [0.4, 0.5) is 5.69 Å². The van der Waals surface area contributed by atoms with Crippen LogP contribution in [0.1, 0.15) is 64.9 Å². The molecule has 4 heteroatoms. The molecular formula is C23H32N2O2. The number of nitrogens with one attached hydrogen (secondary N) is 2. The van der Waals surface area contributed by atoms with Crippen LogP contribution in [-0.4, -0.2) is 18.4 Å². The molecule has 1 aromatic carbocycles. The summed E-state index contributed by atoms with van der Waals surface area (Å²) in [5.74, 6) is -0.392. The van der Waals surface area contributed by atoms with E-state index in [0.29, 0.717) is 13.0 Å². The average Bonchev–Trinajstić information content (AvgIpc) is 3.43. The van der Waals surface area contributed by atoms with Gasteiger partial charge in [0.1, 0.15) is 0 Å². The first-order valence-electron chi connectivity index (χ1n) is 10.2. The maximum Gasteiger partial charge on any atom is 0.228 e. The Balaban J connectivity index is 1.48. The molecule has 0 aliphatic heterocycles. The van der Waals surface area contributed by atoms with Crippen molar-refractivity contribution in [3.05, 3.63) is 41.5 Å². The van der Waals surface area contributed by atoms with E-state index in [2.05, 4.69) is 37.5 Å². The number of amides is 2. The number of anilines is 1. The average molecular weight is 369 g/mol. The lowest BCUT2D eigenvalue weighted by Crippen LogP contribution is -2.28. The zero-order valence-electron chi connectivity index (χ0n) is 16.8. The van der Waals surface area contributed by atoms with Crippen molar-refractivity contribution in [3.63, 3.8) is 0 Å². The van der Waals surface area contributed by atoms with E-state index in [4.69, 9.17) is 0 Å². The molecule has 0 bridgehead atoms. The summed E-state index contributed by atoms with van der Waals surface area (Å²) < 4.78 is 0. The summed E-state index contributed by atoms with van der Waals surface area (Å²) in [6.07, 6.45) is 8.79. The lowest BCUT2D eigenvalue weighted by atomic mass is 9.86. The molecule has 0 radical (unpaired) electrons. The summed E-state index contributed by atoms with van der Waals surface area (Å²) in [6, 6.07) is 7.91. The van der Waals surface area contributed by atoms with Crippen LogP contribution in [0.2, 0.25) is 0 Å². The van der Waals surface area contributed by atoms with E-state index in [1.807, 2.05) is 24.3 Å². The fourth-order valence-corrected chi connectivity index (χ4v) is 3.86. The normalized spacial score (nSPS) is 22.0. The molecule has 2 aliphatic rings. The topological polar surface area (TPSA) is 58.2 Å². The number of hydrogen-bond donors (Lipinski definition) is 2. The Morgan fingerprint density at radius 3 is 2.52 bits per heavy atom. The van der Waals surface area contributed by atoms with Crippen LogP contribution < -0.4 is 10.6 Å². The minimum atomic E-state index is -0.202. The summed E-state index contributed by atoms with van der Waals surface area (Å²) in [7, 11) is 0. The van der Waals surface area contributed by atoms with E-state index >= 15 is 0 Å². The van der Waals surface area contributed by atoms with Crippen LogP contribution in [0.3, 0.4) is 0 Å². The standard InChI is InChI=1S/C23H32N2O2/c1-23(2,3)19-11-7-8-12-20(19)25-22(27)18-15-17(18)21(26)24-14-13-16-9-5-4-6-10-16/h7-9,11-12,17-18H,4-6,10,13-15H2,1-3H3,(H,24,26)(H,25,27). The SMILES string of the molecule is CC(C)(C)c1ccccc1NC(=O)C1CC1C(=O)NCCC1=CCCCC1. The summed E-state index contributed by atoms with van der Waals surface area (Å²) in [5, 5.41) is 6.06. The van der Waals surface area contributed by atoms with Crippen LogP contribution in [0.25, 0.3) is 0 Å². The van der Waals surface area contributed by atoms with Crippen molar-refractivity contribution in [2.45, 2.75) is 64.7 Å². The fraction of sp³-hybridized carbons (Fsp3) is 0.565. The number of benzene rings is 1. The molecule has 2 N–H and O–H groups in total. The van der Waals surface area contributed by atoms with Crippen molar-refractivity contribution in [1.82, 2.24) is 5.32 Å². The molecule has 146 valence electrons. The van der Waals surface area contributed by atoms with Crippen LogP contribution in [0.5, 0.6) is 0 Å². The summed E-state index contributed by atoms with van der Waals surface area (Å²) in [5.41, 5.74) is 3.38. The van der Waals surface area contributed by atoms with Gasteiger partial charge in [-0.3, -0.25) is 9.59 Å². The molecule has 1 fully saturated rings. The Kier molecular flexibility index (Phi) is 6.03. The molecule has 0 heterocycles. The summed E-state index contributed by atoms with van der Waals surface area (Å²) in [4.78, 5) is 24.9. The highest BCUT2D eigenvalue weighted by Gasteiger charge is 2.48. The van der Waals surface area contributed by atoms with Crippen LogP contribution >= 0.6 is 0 Å². The highest BCUT2D eigenvalue weighted by Crippen LogP contribution is 2.40. The van der Waals surface area contributed by atoms with Gasteiger partial charge >= 0.3 is 0 Å². The second-order valence-electron chi connectivity index (χ2n) is 8.88. The molecule has 2 aliphatic carbocycles. The number of carbonyl (C=O) groups is 2. The van der Waals surface area contributed by atoms with Crippen molar-refractivity contribution in [2.75, 3.05) is 11.9 Å². The van der Waals surface area contributed by atoms with Crippen molar-refractivity contribution >= 4 is 17.5 Å². The smallest absolute Gasteiger partial charge is 0.228 e. The first-order valence-corrected chi connectivity index (χ1v) is 10.2. The molecule has 0 saturated heterocycles. The Morgan fingerprint density at radius 2 is 1.81 bits per heavy atom. The maximum absolute atomic E-state index is 12.6. The quantitative estimate of drug-likeness (QED) is 0.723. The van der Waals surface area contributed by atoms with Gasteiger partial charge in [-0.05, 0) is 55.6 Å². The van der Waals surface area contributed by atoms with Crippen LogP contribution in [0, 0.1) is 11.8 Å². The Labute approximate surface area is 162 Å². The zero-order valence-corrected chi connectivity index (χ0v) is 16.8. The summed E-state index contributed by atoms with van der Waals surface area (Å²) in [6.45, 7) is 7.08. The minimum absolute atomic E-state index is 0.0238. The van der Waals surface area contributed by atoms with Gasteiger partial charge in [-0.15, -0.1) is 0 Å². The van der Waals surface area contributed by atoms with Gasteiger partial charge in [-0.25, -0.2) is 0 Å². The third kappa shape index (κ3) is 5.21. The molecule has 1 aromatic rings. The van der Waals surface area contributed by atoms with Gasteiger partial charge in [0.25, 0.3) is 0 Å². The Hall–Kier alpha value is -2.10. The van der Waals surface area contributed by atoms with Gasteiger partial charge in [0, 0.05) is 12.2 Å². The second kappa shape index (κ2) is 8.28. The number of carbonyl (C=O) groups excluding carboxylic acids is 2. The summed E-state index contributed by atoms with van der Waals surface area (Å²) >= 11 is 0. The monoisotopic (exact) mass is 368 g/mol. The third-order valence-corrected chi connectivity index (χ3v) is 5.59. The zero-order chi connectivity index (χ0) is 19.4. The van der Waals surface area contributed by atoms with E-state index in [1.54, 1.807) is 0 Å². The lowest BCUT2D eigenvalue weighted by molar-refractivity contribution is -0.125. The largest absolute Gasteiger partial charge is 0.356 e. The lowest BCUT2D eigenvalue weighted by Gasteiger charge is -2.23. The predicted octanol–water partition coefficient (Wildman–Crippen LogP) is 4.57. The molecule has 0 aromatic heterocycles. The van der Waals surface area contributed by atoms with E-state index in [0.717, 1.165) is 24.1 Å². The molecule has 4 nitrogen and oxygen atoms in total. The van der Waals surface area contributed by atoms with Crippen molar-refractivity contribution in [2.24, 2.45) is 11.8 Å². The molecule has 0 spiro atoms. The molecule has 3 rings (SSSR count). The van der Waals surface area contributed by atoms with Crippen molar-refractivity contribution in [1.29, 1.82) is 0 Å². The molecule has 2 unspecified atom stereocenters. The third-order valence-electron chi connectivity index (χ3n) is 5.59. The Bertz CT molecular complexity index is 730. The van der Waals surface area contributed by atoms with Gasteiger partial charge < -0.3 is 10.6 Å². The first kappa shape index (κ1) is 19.7. The number of allylic oxidation sites excluding steroid dienone is 1. The highest BCUT2D eigenvalue weighted by molar-refractivity contribution is 6.00. The number of hydrogen-bond acceptors (Lipinski definition) is 2. The van der Waals surface area contributed by atoms with Gasteiger partial charge in [0.15, 0.2) is 0 Å². The molecule has 27 heavy (non-hydrogen) atoms. The first-order chi connectivity index (χ1) is 12.9. The molecule has 2 atom stereocenters. The fourth-order valence-electron chi connectivity index (χ4n) is 3.86. The molecule has 2 amide bonds. The second-order valence-corrected chi connectivity index (χ2v) is 8.88. The number of para-hydroxylation sites is 1. The van der Waals surface area contributed by atoms with E-state index in [9.17, 15) is 9.59 Å². The maximum atomic E-state index is 12.6. The van der Waals surface area contributed by atoms with Crippen molar-refractivity contribution < 1.29 is 9.59 Å². The molecular weight excluding hydrogens is 336 g/mol. The van der Waals surface area contributed by atoms with Crippen molar-refractivity contribution in [3.8, 4) is 0 Å². The highest BCUT2D eigenvalue weighted by atomic mass is 16.2. The molecule has 1 saturated carbocycles. The van der Waals surface area contributed by atoms with Crippen LogP contribution in [0.15, 0.2) is 35.9 Å². The van der Waals surface area contributed by atoms with Gasteiger partial charge in [-0.1, -0.05) is 50.6 Å². The minimum Gasteiger partial charge on any atom is -0.356 e.